The van der Waals surface area contributed by atoms with E-state index in [1.165, 1.54) is 20.8 Å². The molecule has 1 fully saturated rings. The van der Waals surface area contributed by atoms with Gasteiger partial charge in [0.05, 0.1) is 3.79 Å². The molecule has 1 saturated heterocycles. The molecule has 0 radical (unpaired) electrons. The fourth-order valence-corrected chi connectivity index (χ4v) is 4.27. The summed E-state index contributed by atoms with van der Waals surface area (Å²) in [4.78, 5) is 1.42. The third kappa shape index (κ3) is 2.99. The lowest BCUT2D eigenvalue weighted by Gasteiger charge is -2.09. The summed E-state index contributed by atoms with van der Waals surface area (Å²) in [5.74, 6) is 1.27. The van der Waals surface area contributed by atoms with E-state index < -0.39 is 0 Å². The highest BCUT2D eigenvalue weighted by atomic mass is 79.9. The van der Waals surface area contributed by atoms with Gasteiger partial charge in [-0.1, -0.05) is 6.92 Å². The smallest absolute Gasteiger partial charge is 0.0701 e. The normalized spacial score (nSPS) is 27.0. The van der Waals surface area contributed by atoms with Crippen molar-refractivity contribution in [3.63, 3.8) is 0 Å². The summed E-state index contributed by atoms with van der Waals surface area (Å²) in [7, 11) is 0. The minimum atomic E-state index is 0.718. The highest BCUT2D eigenvalue weighted by Crippen LogP contribution is 2.27. The molecule has 1 aliphatic heterocycles. The van der Waals surface area contributed by atoms with Crippen molar-refractivity contribution in [1.82, 2.24) is 5.32 Å². The molecular weight excluding hydrogens is 278 g/mol. The van der Waals surface area contributed by atoms with Crippen molar-refractivity contribution >= 4 is 39.0 Å². The Kier molecular flexibility index (Phi) is 3.93. The largest absolute Gasteiger partial charge is 0.308 e. The van der Waals surface area contributed by atoms with Crippen LogP contribution in [-0.4, -0.2) is 17.0 Å². The molecule has 0 amide bonds. The number of hydrogen-bond acceptors (Lipinski definition) is 3. The molecule has 78 valence electrons. The molecule has 1 nitrogen and oxygen atoms in total. The molecule has 0 spiro atoms. The number of hydrogen-bond donors (Lipinski definition) is 1. The molecule has 1 aliphatic rings. The predicted molar refractivity (Wildman–Crippen MR) is 69.2 cm³/mol. The molecule has 0 bridgehead atoms. The van der Waals surface area contributed by atoms with Gasteiger partial charge in [0.15, 0.2) is 0 Å². The Morgan fingerprint density at radius 2 is 2.43 bits per heavy atom. The van der Waals surface area contributed by atoms with Gasteiger partial charge >= 0.3 is 0 Å². The van der Waals surface area contributed by atoms with E-state index >= 15 is 0 Å². The molecule has 2 atom stereocenters. The van der Waals surface area contributed by atoms with Crippen LogP contribution < -0.4 is 5.32 Å². The van der Waals surface area contributed by atoms with Gasteiger partial charge in [-0.15, -0.1) is 11.3 Å². The Morgan fingerprint density at radius 3 is 3.00 bits per heavy atom. The Morgan fingerprint density at radius 1 is 1.57 bits per heavy atom. The van der Waals surface area contributed by atoms with Crippen LogP contribution in [0.4, 0.5) is 0 Å². The van der Waals surface area contributed by atoms with Gasteiger partial charge < -0.3 is 5.32 Å². The van der Waals surface area contributed by atoms with Crippen LogP contribution in [0.5, 0.6) is 0 Å². The summed E-state index contributed by atoms with van der Waals surface area (Å²) in [5, 5.41) is 4.45. The fourth-order valence-electron chi connectivity index (χ4n) is 1.65. The molecular formula is C10H14BrNS2. The zero-order chi connectivity index (χ0) is 9.97. The van der Waals surface area contributed by atoms with E-state index in [1.54, 1.807) is 0 Å². The van der Waals surface area contributed by atoms with E-state index in [1.807, 2.05) is 11.3 Å². The van der Waals surface area contributed by atoms with Crippen LogP contribution in [0.2, 0.25) is 0 Å². The zero-order valence-electron chi connectivity index (χ0n) is 8.13. The third-order valence-electron chi connectivity index (χ3n) is 2.39. The summed E-state index contributed by atoms with van der Waals surface area (Å²) in [6.45, 7) is 3.34. The SMILES string of the molecule is CC1CC(NCc2ccc(Br)s2)CS1. The van der Waals surface area contributed by atoms with E-state index in [9.17, 15) is 0 Å². The quantitative estimate of drug-likeness (QED) is 0.915. The lowest BCUT2D eigenvalue weighted by molar-refractivity contribution is 0.542. The topological polar surface area (TPSA) is 12.0 Å². The third-order valence-corrected chi connectivity index (χ3v) is 5.37. The van der Waals surface area contributed by atoms with Gasteiger partial charge in [0.1, 0.15) is 0 Å². The molecule has 1 aromatic rings. The lowest BCUT2D eigenvalue weighted by atomic mass is 10.2. The maximum absolute atomic E-state index is 3.61. The van der Waals surface area contributed by atoms with E-state index in [0.29, 0.717) is 0 Å². The van der Waals surface area contributed by atoms with Gasteiger partial charge in [0.2, 0.25) is 0 Å². The second-order valence-corrected chi connectivity index (χ2v) is 7.68. The van der Waals surface area contributed by atoms with Crippen molar-refractivity contribution in [3.8, 4) is 0 Å². The fraction of sp³-hybridized carbons (Fsp3) is 0.600. The van der Waals surface area contributed by atoms with Crippen LogP contribution in [0.25, 0.3) is 0 Å². The average molecular weight is 292 g/mol. The molecule has 0 aliphatic carbocycles. The van der Waals surface area contributed by atoms with E-state index in [4.69, 9.17) is 0 Å². The van der Waals surface area contributed by atoms with Crippen molar-refractivity contribution in [2.24, 2.45) is 0 Å². The highest BCUT2D eigenvalue weighted by Gasteiger charge is 2.20. The number of thiophene rings is 1. The van der Waals surface area contributed by atoms with Crippen LogP contribution in [0.3, 0.4) is 0 Å². The maximum Gasteiger partial charge on any atom is 0.0701 e. The molecule has 4 heteroatoms. The molecule has 14 heavy (non-hydrogen) atoms. The summed E-state index contributed by atoms with van der Waals surface area (Å²) < 4.78 is 1.23. The first-order valence-corrected chi connectivity index (χ1v) is 7.49. The maximum atomic E-state index is 3.61. The monoisotopic (exact) mass is 291 g/mol. The second-order valence-electron chi connectivity index (χ2n) is 3.66. The van der Waals surface area contributed by atoms with E-state index in [0.717, 1.165) is 17.8 Å². The Hall–Kier alpha value is 0.490. The standard InChI is InChI=1S/C10H14BrNS2/c1-7-4-8(6-13-7)12-5-9-2-3-10(11)14-9/h2-3,7-8,12H,4-6H2,1H3. The molecule has 1 aromatic heterocycles. The van der Waals surface area contributed by atoms with Gasteiger partial charge in [-0.3, -0.25) is 0 Å². The summed E-state index contributed by atoms with van der Waals surface area (Å²) in [5.41, 5.74) is 0. The van der Waals surface area contributed by atoms with Crippen LogP contribution in [0.1, 0.15) is 18.2 Å². The van der Waals surface area contributed by atoms with Gasteiger partial charge in [-0.05, 0) is 34.5 Å². The van der Waals surface area contributed by atoms with Gasteiger partial charge in [-0.2, -0.15) is 11.8 Å². The summed E-state index contributed by atoms with van der Waals surface area (Å²) in [6, 6.07) is 5.02. The first kappa shape index (κ1) is 11.0. The van der Waals surface area contributed by atoms with Crippen molar-refractivity contribution in [3.05, 3.63) is 20.8 Å². The highest BCUT2D eigenvalue weighted by molar-refractivity contribution is 9.11. The predicted octanol–water partition coefficient (Wildman–Crippen LogP) is 3.49. The Bertz CT molecular complexity index is 300. The first-order valence-electron chi connectivity index (χ1n) is 4.83. The molecule has 0 saturated carbocycles. The Balaban J connectivity index is 1.77. The summed E-state index contributed by atoms with van der Waals surface area (Å²) >= 11 is 7.38. The molecule has 2 unspecified atom stereocenters. The van der Waals surface area contributed by atoms with Crippen molar-refractivity contribution in [2.45, 2.75) is 31.2 Å². The lowest BCUT2D eigenvalue weighted by Crippen LogP contribution is -2.28. The minimum absolute atomic E-state index is 0.718. The second kappa shape index (κ2) is 5.01. The van der Waals surface area contributed by atoms with Gasteiger partial charge in [0, 0.05) is 28.5 Å². The van der Waals surface area contributed by atoms with Gasteiger partial charge in [-0.25, -0.2) is 0 Å². The Labute approximate surface area is 102 Å². The van der Waals surface area contributed by atoms with E-state index in [2.05, 4.69) is 52.1 Å². The van der Waals surface area contributed by atoms with E-state index in [-0.39, 0.29) is 0 Å². The van der Waals surface area contributed by atoms with Crippen LogP contribution >= 0.6 is 39.0 Å². The van der Waals surface area contributed by atoms with Gasteiger partial charge in [0.25, 0.3) is 0 Å². The van der Waals surface area contributed by atoms with Crippen LogP contribution in [-0.2, 0) is 6.54 Å². The number of nitrogens with one attached hydrogen (secondary N) is 1. The number of thioether (sulfide) groups is 1. The number of halogens is 1. The molecule has 2 rings (SSSR count). The molecule has 0 aromatic carbocycles. The average Bonchev–Trinajstić information content (AvgIpc) is 2.72. The zero-order valence-corrected chi connectivity index (χ0v) is 11.3. The minimum Gasteiger partial charge on any atom is -0.308 e. The number of rotatable bonds is 3. The molecule has 2 heterocycles. The van der Waals surface area contributed by atoms with Crippen LogP contribution in [0.15, 0.2) is 15.9 Å². The van der Waals surface area contributed by atoms with Crippen LogP contribution in [0, 0.1) is 0 Å². The van der Waals surface area contributed by atoms with Crippen molar-refractivity contribution in [2.75, 3.05) is 5.75 Å². The summed E-state index contributed by atoms with van der Waals surface area (Å²) in [6.07, 6.45) is 1.32. The van der Waals surface area contributed by atoms with Crippen molar-refractivity contribution < 1.29 is 0 Å². The first-order chi connectivity index (χ1) is 6.74. The van der Waals surface area contributed by atoms with Crippen molar-refractivity contribution in [1.29, 1.82) is 0 Å². The molecule has 1 N–H and O–H groups in total.